The maximum absolute atomic E-state index is 12.9. The number of aromatic nitrogens is 2. The van der Waals surface area contributed by atoms with Gasteiger partial charge in [-0.2, -0.15) is 0 Å². The van der Waals surface area contributed by atoms with E-state index in [1.807, 2.05) is 24.3 Å². The first-order valence-electron chi connectivity index (χ1n) is 9.11. The van der Waals surface area contributed by atoms with Crippen LogP contribution in [0, 0.1) is 0 Å². The van der Waals surface area contributed by atoms with Crippen molar-refractivity contribution in [2.75, 3.05) is 24.9 Å². The highest BCUT2D eigenvalue weighted by Crippen LogP contribution is 2.38. The van der Waals surface area contributed by atoms with Crippen LogP contribution in [0.15, 0.2) is 60.9 Å². The molecule has 0 bridgehead atoms. The van der Waals surface area contributed by atoms with Gasteiger partial charge in [-0.15, -0.1) is 0 Å². The molecule has 0 saturated carbocycles. The number of aromatic amines is 1. The van der Waals surface area contributed by atoms with Crippen LogP contribution in [0.4, 0.5) is 16.2 Å². The number of halogens is 1. The summed E-state index contributed by atoms with van der Waals surface area (Å²) in [6.45, 7) is 0. The minimum absolute atomic E-state index is 0.433. The molecule has 152 valence electrons. The molecule has 0 atom stereocenters. The van der Waals surface area contributed by atoms with Crippen molar-refractivity contribution < 1.29 is 14.3 Å². The van der Waals surface area contributed by atoms with Crippen LogP contribution in [-0.2, 0) is 0 Å². The summed E-state index contributed by atoms with van der Waals surface area (Å²) in [4.78, 5) is 20.3. The summed E-state index contributed by atoms with van der Waals surface area (Å²) in [5.74, 6) is 1.12. The van der Waals surface area contributed by atoms with Crippen molar-refractivity contribution in [3.63, 3.8) is 0 Å². The van der Waals surface area contributed by atoms with Crippen molar-refractivity contribution in [3.8, 4) is 22.8 Å². The number of nitrogens with one attached hydrogen (secondary N) is 3. The van der Waals surface area contributed by atoms with Gasteiger partial charge in [0.25, 0.3) is 0 Å². The smallest absolute Gasteiger partial charge is 0.323 e. The number of pyridine rings is 1. The number of rotatable bonds is 5. The molecule has 7 nitrogen and oxygen atoms in total. The Morgan fingerprint density at radius 2 is 1.83 bits per heavy atom. The first-order valence-corrected chi connectivity index (χ1v) is 9.49. The van der Waals surface area contributed by atoms with Gasteiger partial charge in [0.05, 0.1) is 41.8 Å². The highest BCUT2D eigenvalue weighted by molar-refractivity contribution is 6.36. The van der Waals surface area contributed by atoms with E-state index in [1.165, 1.54) is 7.11 Å². The largest absolute Gasteiger partial charge is 0.497 e. The molecule has 3 N–H and O–H groups in total. The molecular formula is C22H19ClN4O3. The van der Waals surface area contributed by atoms with Gasteiger partial charge in [0.2, 0.25) is 0 Å². The van der Waals surface area contributed by atoms with Gasteiger partial charge in [0.15, 0.2) is 0 Å². The Hall–Kier alpha value is -3.71. The molecule has 30 heavy (non-hydrogen) atoms. The van der Waals surface area contributed by atoms with E-state index in [4.69, 9.17) is 21.1 Å². The van der Waals surface area contributed by atoms with Gasteiger partial charge < -0.3 is 25.1 Å². The van der Waals surface area contributed by atoms with Crippen LogP contribution in [0.1, 0.15) is 0 Å². The Morgan fingerprint density at radius 1 is 1.03 bits per heavy atom. The molecule has 2 heterocycles. The molecule has 2 aromatic heterocycles. The lowest BCUT2D eigenvalue weighted by Crippen LogP contribution is -2.20. The van der Waals surface area contributed by atoms with Gasteiger partial charge in [-0.25, -0.2) is 4.79 Å². The summed E-state index contributed by atoms with van der Waals surface area (Å²) >= 11 is 6.37. The Balaban J connectivity index is 1.72. The Kier molecular flexibility index (Phi) is 5.45. The molecule has 2 amide bonds. The van der Waals surface area contributed by atoms with Gasteiger partial charge in [-0.05, 0) is 30.3 Å². The SMILES string of the molecule is COc1ccc(OC)c(NC(=O)Nc2c(-c3ccncc3)[nH]c3c(Cl)cccc23)c1. The molecular weight excluding hydrogens is 404 g/mol. The number of amides is 2. The first-order chi connectivity index (χ1) is 14.6. The van der Waals surface area contributed by atoms with Gasteiger partial charge in [-0.1, -0.05) is 23.7 Å². The average Bonchev–Trinajstić information content (AvgIpc) is 3.14. The summed E-state index contributed by atoms with van der Waals surface area (Å²) in [6, 6.07) is 14.0. The molecule has 0 radical (unpaired) electrons. The third kappa shape index (κ3) is 3.75. The minimum atomic E-state index is -0.433. The van der Waals surface area contributed by atoms with Crippen molar-refractivity contribution in [2.45, 2.75) is 0 Å². The van der Waals surface area contributed by atoms with Crippen LogP contribution in [-0.4, -0.2) is 30.2 Å². The summed E-state index contributed by atoms with van der Waals surface area (Å²) < 4.78 is 10.6. The number of carbonyl (C=O) groups excluding carboxylic acids is 1. The van der Waals surface area contributed by atoms with E-state index in [0.717, 1.165) is 22.2 Å². The second kappa shape index (κ2) is 8.34. The number of H-pyrrole nitrogens is 1. The third-order valence-corrected chi connectivity index (χ3v) is 4.96. The third-order valence-electron chi connectivity index (χ3n) is 4.65. The average molecular weight is 423 g/mol. The number of ether oxygens (including phenoxy) is 2. The molecule has 0 unspecified atom stereocenters. The molecule has 0 spiro atoms. The zero-order valence-electron chi connectivity index (χ0n) is 16.3. The fourth-order valence-electron chi connectivity index (χ4n) is 3.23. The van der Waals surface area contributed by atoms with Crippen molar-refractivity contribution in [2.24, 2.45) is 0 Å². The van der Waals surface area contributed by atoms with Crippen molar-refractivity contribution >= 4 is 39.9 Å². The quantitative estimate of drug-likeness (QED) is 0.393. The van der Waals surface area contributed by atoms with Crippen LogP contribution in [0.2, 0.25) is 5.02 Å². The van der Waals surface area contributed by atoms with E-state index in [9.17, 15) is 4.79 Å². The van der Waals surface area contributed by atoms with Gasteiger partial charge in [0.1, 0.15) is 11.5 Å². The summed E-state index contributed by atoms with van der Waals surface area (Å²) in [5, 5.41) is 7.11. The van der Waals surface area contributed by atoms with Gasteiger partial charge >= 0.3 is 6.03 Å². The van der Waals surface area contributed by atoms with Crippen molar-refractivity contribution in [3.05, 3.63) is 65.9 Å². The number of para-hydroxylation sites is 1. The molecule has 0 aliphatic carbocycles. The van der Waals surface area contributed by atoms with Crippen molar-refractivity contribution in [1.29, 1.82) is 0 Å². The van der Waals surface area contributed by atoms with Crippen LogP contribution in [0.25, 0.3) is 22.2 Å². The fraction of sp³-hybridized carbons (Fsp3) is 0.0909. The maximum atomic E-state index is 12.9. The highest BCUT2D eigenvalue weighted by atomic mass is 35.5. The van der Waals surface area contributed by atoms with E-state index in [0.29, 0.717) is 27.9 Å². The number of urea groups is 1. The fourth-order valence-corrected chi connectivity index (χ4v) is 3.45. The number of anilines is 2. The predicted molar refractivity (Wildman–Crippen MR) is 119 cm³/mol. The lowest BCUT2D eigenvalue weighted by Gasteiger charge is -2.13. The molecule has 0 aliphatic rings. The number of hydrogen-bond donors (Lipinski definition) is 3. The van der Waals surface area contributed by atoms with E-state index < -0.39 is 6.03 Å². The van der Waals surface area contributed by atoms with E-state index in [1.54, 1.807) is 43.8 Å². The number of carbonyl (C=O) groups is 1. The lowest BCUT2D eigenvalue weighted by atomic mass is 10.1. The second-order valence-corrected chi connectivity index (χ2v) is 6.83. The van der Waals surface area contributed by atoms with Crippen molar-refractivity contribution in [1.82, 2.24) is 9.97 Å². The Labute approximate surface area is 178 Å². The maximum Gasteiger partial charge on any atom is 0.323 e. The summed E-state index contributed by atoms with van der Waals surface area (Å²) in [5.41, 5.74) is 3.43. The number of hydrogen-bond acceptors (Lipinski definition) is 4. The molecule has 0 fully saturated rings. The van der Waals surface area contributed by atoms with Gasteiger partial charge in [0, 0.05) is 29.4 Å². The number of nitrogens with zero attached hydrogens (tertiary/aromatic N) is 1. The number of fused-ring (bicyclic) bond motifs is 1. The normalized spacial score (nSPS) is 10.6. The topological polar surface area (TPSA) is 88.3 Å². The van der Waals surface area contributed by atoms with E-state index >= 15 is 0 Å². The molecule has 0 saturated heterocycles. The highest BCUT2D eigenvalue weighted by Gasteiger charge is 2.18. The van der Waals surface area contributed by atoms with E-state index in [-0.39, 0.29) is 0 Å². The minimum Gasteiger partial charge on any atom is -0.497 e. The zero-order chi connectivity index (χ0) is 21.1. The zero-order valence-corrected chi connectivity index (χ0v) is 17.1. The van der Waals surface area contributed by atoms with Crippen LogP contribution in [0.5, 0.6) is 11.5 Å². The Morgan fingerprint density at radius 3 is 2.57 bits per heavy atom. The number of methoxy groups -OCH3 is 2. The Bertz CT molecular complexity index is 1210. The van der Waals surface area contributed by atoms with Gasteiger partial charge in [-0.3, -0.25) is 4.98 Å². The molecule has 4 rings (SSSR count). The first kappa shape index (κ1) is 19.6. The standard InChI is InChI=1S/C22H19ClN4O3/c1-29-14-6-7-18(30-2)17(12-14)25-22(28)27-21-15-4-3-5-16(23)20(15)26-19(21)13-8-10-24-11-9-13/h3-12,26H,1-2H3,(H2,25,27,28). The molecule has 2 aromatic carbocycles. The number of benzene rings is 2. The van der Waals surface area contributed by atoms with E-state index in [2.05, 4.69) is 20.6 Å². The second-order valence-electron chi connectivity index (χ2n) is 6.42. The summed E-state index contributed by atoms with van der Waals surface area (Å²) in [6.07, 6.45) is 3.38. The van der Waals surface area contributed by atoms with Crippen LogP contribution < -0.4 is 20.1 Å². The molecule has 0 aliphatic heterocycles. The summed E-state index contributed by atoms with van der Waals surface area (Å²) in [7, 11) is 3.09. The van der Waals surface area contributed by atoms with Crippen LogP contribution >= 0.6 is 11.6 Å². The van der Waals surface area contributed by atoms with Crippen LogP contribution in [0.3, 0.4) is 0 Å². The molecule has 4 aromatic rings. The monoisotopic (exact) mass is 422 g/mol. The molecule has 8 heteroatoms. The lowest BCUT2D eigenvalue weighted by molar-refractivity contribution is 0.262. The predicted octanol–water partition coefficient (Wildman–Crippen LogP) is 5.54.